The first kappa shape index (κ1) is 18.4. The topological polar surface area (TPSA) is 62.7 Å². The lowest BCUT2D eigenvalue weighted by Gasteiger charge is -2.61. The minimum absolute atomic E-state index is 0.306. The summed E-state index contributed by atoms with van der Waals surface area (Å²) < 4.78 is 18.2. The second kappa shape index (κ2) is 8.32. The number of rotatable bonds is 7. The first-order chi connectivity index (χ1) is 12.2. The van der Waals surface area contributed by atoms with Gasteiger partial charge < -0.3 is 15.4 Å². The average Bonchev–Trinajstić information content (AvgIpc) is 2.58. The summed E-state index contributed by atoms with van der Waals surface area (Å²) in [6.45, 7) is 3.49. The van der Waals surface area contributed by atoms with Gasteiger partial charge in [0.25, 0.3) is 0 Å². The molecule has 0 radical (unpaired) electrons. The highest BCUT2D eigenvalue weighted by Gasteiger charge is 2.59. The van der Waals surface area contributed by atoms with Crippen molar-refractivity contribution in [2.45, 2.75) is 49.6 Å². The Morgan fingerprint density at radius 1 is 1.36 bits per heavy atom. The zero-order chi connectivity index (χ0) is 17.7. The molecule has 1 spiro atoms. The van der Waals surface area contributed by atoms with Crippen LogP contribution in [0, 0.1) is 5.41 Å². The number of hydrogen-bond acceptors (Lipinski definition) is 3. The van der Waals surface area contributed by atoms with Gasteiger partial charge >= 0.3 is 0 Å². The summed E-state index contributed by atoms with van der Waals surface area (Å²) in [5, 5.41) is 6.86. The maximum absolute atomic E-state index is 12.3. The molecule has 5 nitrogen and oxygen atoms in total. The number of ether oxygens (including phenoxy) is 1. The van der Waals surface area contributed by atoms with Crippen LogP contribution in [0.3, 0.4) is 0 Å². The van der Waals surface area contributed by atoms with Gasteiger partial charge in [0.1, 0.15) is 0 Å². The average molecular weight is 364 g/mol. The Bertz CT molecular complexity index is 616. The van der Waals surface area contributed by atoms with E-state index in [1.54, 1.807) is 7.05 Å². The van der Waals surface area contributed by atoms with Crippen LogP contribution in [0.2, 0.25) is 0 Å². The first-order valence-electron chi connectivity index (χ1n) is 9.22. The van der Waals surface area contributed by atoms with Crippen molar-refractivity contribution < 1.29 is 8.95 Å². The SMILES string of the molecule is CCOC1CC(NC(=NC)NCCS(=O)c2ccccc2)C12CCC2. The van der Waals surface area contributed by atoms with E-state index in [1.807, 2.05) is 30.3 Å². The number of nitrogens with one attached hydrogen (secondary N) is 2. The molecule has 0 heterocycles. The largest absolute Gasteiger partial charge is 0.378 e. The Hall–Kier alpha value is -1.40. The molecule has 2 aliphatic carbocycles. The number of guanidine groups is 1. The molecular weight excluding hydrogens is 334 g/mol. The van der Waals surface area contributed by atoms with Gasteiger partial charge in [0.15, 0.2) is 5.96 Å². The number of aliphatic imine (C=N–C) groups is 1. The maximum Gasteiger partial charge on any atom is 0.191 e. The standard InChI is InChI=1S/C19H29N3O2S/c1-3-24-17-14-16(19(17)10-7-11-19)22-18(20-2)21-12-13-25(23)15-8-5-4-6-9-15/h4-6,8-9,16-17H,3,7,10-14H2,1-2H3,(H2,20,21,22). The highest BCUT2D eigenvalue weighted by molar-refractivity contribution is 7.85. The van der Waals surface area contributed by atoms with Crippen molar-refractivity contribution >= 4 is 16.8 Å². The molecule has 1 aromatic carbocycles. The van der Waals surface area contributed by atoms with Crippen LogP contribution >= 0.6 is 0 Å². The van der Waals surface area contributed by atoms with Gasteiger partial charge in [0.2, 0.25) is 0 Å². The van der Waals surface area contributed by atoms with Crippen molar-refractivity contribution in [1.29, 1.82) is 0 Å². The van der Waals surface area contributed by atoms with Gasteiger partial charge in [-0.1, -0.05) is 24.6 Å². The van der Waals surface area contributed by atoms with Gasteiger partial charge in [0.05, 0.1) is 16.9 Å². The molecule has 0 aliphatic heterocycles. The molecule has 2 saturated carbocycles. The summed E-state index contributed by atoms with van der Waals surface area (Å²) in [6.07, 6.45) is 5.22. The molecule has 0 amide bonds. The molecule has 2 fully saturated rings. The second-order valence-electron chi connectivity index (χ2n) is 6.83. The minimum Gasteiger partial charge on any atom is -0.378 e. The second-order valence-corrected chi connectivity index (χ2v) is 8.40. The van der Waals surface area contributed by atoms with E-state index >= 15 is 0 Å². The zero-order valence-corrected chi connectivity index (χ0v) is 16.0. The minimum atomic E-state index is -0.982. The Balaban J connectivity index is 1.45. The van der Waals surface area contributed by atoms with Crippen LogP contribution in [-0.4, -0.2) is 48.3 Å². The highest BCUT2D eigenvalue weighted by Crippen LogP contribution is 2.57. The number of hydrogen-bond donors (Lipinski definition) is 2. The number of benzene rings is 1. The van der Waals surface area contributed by atoms with E-state index < -0.39 is 10.8 Å². The number of nitrogens with zero attached hydrogens (tertiary/aromatic N) is 1. The molecule has 2 aliphatic rings. The zero-order valence-electron chi connectivity index (χ0n) is 15.2. The lowest BCUT2D eigenvalue weighted by atomic mass is 9.51. The normalized spacial score (nSPS) is 25.8. The van der Waals surface area contributed by atoms with E-state index in [2.05, 4.69) is 22.5 Å². The van der Waals surface area contributed by atoms with Gasteiger partial charge in [-0.15, -0.1) is 0 Å². The van der Waals surface area contributed by atoms with Crippen molar-refractivity contribution in [3.05, 3.63) is 30.3 Å². The smallest absolute Gasteiger partial charge is 0.191 e. The molecular formula is C19H29N3O2S. The summed E-state index contributed by atoms with van der Waals surface area (Å²) in [7, 11) is 0.806. The molecule has 2 N–H and O–H groups in total. The molecule has 0 aromatic heterocycles. The summed E-state index contributed by atoms with van der Waals surface area (Å²) in [5.41, 5.74) is 0.306. The summed E-state index contributed by atoms with van der Waals surface area (Å²) >= 11 is 0. The van der Waals surface area contributed by atoms with Crippen molar-refractivity contribution in [3.63, 3.8) is 0 Å². The molecule has 138 valence electrons. The van der Waals surface area contributed by atoms with Crippen LogP contribution in [0.5, 0.6) is 0 Å². The first-order valence-corrected chi connectivity index (χ1v) is 10.5. The van der Waals surface area contributed by atoms with Gasteiger partial charge in [-0.25, -0.2) is 0 Å². The van der Waals surface area contributed by atoms with E-state index in [-0.39, 0.29) is 0 Å². The van der Waals surface area contributed by atoms with Crippen molar-refractivity contribution in [1.82, 2.24) is 10.6 Å². The fourth-order valence-electron chi connectivity index (χ4n) is 3.95. The lowest BCUT2D eigenvalue weighted by molar-refractivity contribution is -0.168. The van der Waals surface area contributed by atoms with Gasteiger partial charge in [-0.3, -0.25) is 9.20 Å². The monoisotopic (exact) mass is 363 g/mol. The van der Waals surface area contributed by atoms with Crippen LogP contribution in [-0.2, 0) is 15.5 Å². The van der Waals surface area contributed by atoms with Crippen LogP contribution in [0.4, 0.5) is 0 Å². The Morgan fingerprint density at radius 3 is 2.72 bits per heavy atom. The lowest BCUT2D eigenvalue weighted by Crippen LogP contribution is -2.68. The predicted octanol–water partition coefficient (Wildman–Crippen LogP) is 2.31. The van der Waals surface area contributed by atoms with Crippen LogP contribution in [0.15, 0.2) is 40.2 Å². The Labute approximate surface area is 153 Å². The predicted molar refractivity (Wildman–Crippen MR) is 102 cm³/mol. The third-order valence-corrected chi connectivity index (χ3v) is 6.93. The molecule has 0 bridgehead atoms. The fraction of sp³-hybridized carbons (Fsp3) is 0.632. The third-order valence-electron chi connectivity index (χ3n) is 5.56. The van der Waals surface area contributed by atoms with E-state index in [1.165, 1.54) is 19.3 Å². The molecule has 1 aromatic rings. The van der Waals surface area contributed by atoms with Gasteiger partial charge in [-0.05, 0) is 38.3 Å². The Kier molecular flexibility index (Phi) is 6.12. The van der Waals surface area contributed by atoms with Gasteiger partial charge in [0, 0.05) is 42.3 Å². The maximum atomic E-state index is 12.3. The van der Waals surface area contributed by atoms with Gasteiger partial charge in [-0.2, -0.15) is 0 Å². The molecule has 3 unspecified atom stereocenters. The Morgan fingerprint density at radius 2 is 2.12 bits per heavy atom. The quantitative estimate of drug-likeness (QED) is 0.576. The fourth-order valence-corrected chi connectivity index (χ4v) is 4.94. The van der Waals surface area contributed by atoms with Crippen LogP contribution in [0.1, 0.15) is 32.6 Å². The van der Waals surface area contributed by atoms with Crippen molar-refractivity contribution in [3.8, 4) is 0 Å². The van der Waals surface area contributed by atoms with E-state index in [0.29, 0.717) is 29.9 Å². The molecule has 3 atom stereocenters. The van der Waals surface area contributed by atoms with Crippen LogP contribution < -0.4 is 10.6 Å². The third kappa shape index (κ3) is 3.90. The molecule has 25 heavy (non-hydrogen) atoms. The highest BCUT2D eigenvalue weighted by atomic mass is 32.2. The van der Waals surface area contributed by atoms with Crippen molar-refractivity contribution in [2.24, 2.45) is 10.4 Å². The summed E-state index contributed by atoms with van der Waals surface area (Å²) in [6, 6.07) is 10.0. The van der Waals surface area contributed by atoms with E-state index in [0.717, 1.165) is 23.9 Å². The van der Waals surface area contributed by atoms with E-state index in [9.17, 15) is 4.21 Å². The molecule has 6 heteroatoms. The summed E-state index contributed by atoms with van der Waals surface area (Å²) in [4.78, 5) is 5.20. The van der Waals surface area contributed by atoms with Crippen molar-refractivity contribution in [2.75, 3.05) is 26.0 Å². The molecule has 3 rings (SSSR count). The molecule has 0 saturated heterocycles. The van der Waals surface area contributed by atoms with Crippen LogP contribution in [0.25, 0.3) is 0 Å². The van der Waals surface area contributed by atoms with E-state index in [4.69, 9.17) is 4.74 Å². The summed E-state index contributed by atoms with van der Waals surface area (Å²) in [5.74, 6) is 1.37.